The molecule has 1 fully saturated rings. The molecule has 2 amide bonds. The molecule has 0 bridgehead atoms. The van der Waals surface area contributed by atoms with Crippen LogP contribution in [0.5, 0.6) is 0 Å². The number of amides is 2. The lowest BCUT2D eigenvalue weighted by Crippen LogP contribution is -2.41. The summed E-state index contributed by atoms with van der Waals surface area (Å²) >= 11 is 1.43. The standard InChI is InChI=1S/C16H22BN3O3S/c1-6-18-13(21)20-14-19-11-8-7-10(9-12(11)24-14)17-22-15(2,3)16(4,5)23-17/h7-9H,6H2,1-5H3,(H2,18,19,20,21). The molecule has 0 atom stereocenters. The number of carbonyl (C=O) groups excluding carboxylic acids is 1. The number of nitrogens with zero attached hydrogens (tertiary/aromatic N) is 1. The summed E-state index contributed by atoms with van der Waals surface area (Å²) in [4.78, 5) is 16.0. The first-order chi connectivity index (χ1) is 11.2. The highest BCUT2D eigenvalue weighted by Crippen LogP contribution is 2.36. The van der Waals surface area contributed by atoms with Crippen LogP contribution >= 0.6 is 11.3 Å². The second-order valence-electron chi connectivity index (χ2n) is 6.82. The van der Waals surface area contributed by atoms with Crippen molar-refractivity contribution in [3.8, 4) is 0 Å². The molecule has 3 rings (SSSR count). The normalized spacial score (nSPS) is 18.8. The Morgan fingerprint density at radius 2 is 1.92 bits per heavy atom. The average Bonchev–Trinajstić information content (AvgIpc) is 2.95. The maximum absolute atomic E-state index is 11.6. The Bertz CT molecular complexity index is 759. The average molecular weight is 347 g/mol. The molecule has 24 heavy (non-hydrogen) atoms. The van der Waals surface area contributed by atoms with Gasteiger partial charge in [0.2, 0.25) is 0 Å². The van der Waals surface area contributed by atoms with Crippen LogP contribution in [-0.2, 0) is 9.31 Å². The second kappa shape index (κ2) is 6.02. The lowest BCUT2D eigenvalue weighted by atomic mass is 9.79. The number of hydrogen-bond acceptors (Lipinski definition) is 5. The van der Waals surface area contributed by atoms with Crippen LogP contribution in [0, 0.1) is 0 Å². The van der Waals surface area contributed by atoms with Gasteiger partial charge >= 0.3 is 13.1 Å². The summed E-state index contributed by atoms with van der Waals surface area (Å²) < 4.78 is 13.1. The van der Waals surface area contributed by atoms with Crippen molar-refractivity contribution in [1.29, 1.82) is 0 Å². The Balaban J connectivity index is 1.83. The molecule has 0 aliphatic carbocycles. The summed E-state index contributed by atoms with van der Waals surface area (Å²) in [6.45, 7) is 10.6. The van der Waals surface area contributed by atoms with E-state index in [4.69, 9.17) is 9.31 Å². The van der Waals surface area contributed by atoms with E-state index in [1.54, 1.807) is 0 Å². The van der Waals surface area contributed by atoms with Gasteiger partial charge in [0.25, 0.3) is 0 Å². The van der Waals surface area contributed by atoms with Gasteiger partial charge in [0.15, 0.2) is 5.13 Å². The second-order valence-corrected chi connectivity index (χ2v) is 7.85. The molecule has 1 aliphatic rings. The zero-order chi connectivity index (χ0) is 17.5. The number of hydrogen-bond donors (Lipinski definition) is 2. The van der Waals surface area contributed by atoms with Gasteiger partial charge in [-0.15, -0.1) is 0 Å². The number of nitrogens with one attached hydrogen (secondary N) is 2. The predicted octanol–water partition coefficient (Wildman–Crippen LogP) is 2.74. The van der Waals surface area contributed by atoms with E-state index in [2.05, 4.69) is 15.6 Å². The Labute approximate surface area is 146 Å². The minimum absolute atomic E-state index is 0.247. The van der Waals surface area contributed by atoms with Crippen LogP contribution in [-0.4, -0.2) is 35.9 Å². The fraction of sp³-hybridized carbons (Fsp3) is 0.500. The van der Waals surface area contributed by atoms with E-state index in [0.717, 1.165) is 15.7 Å². The summed E-state index contributed by atoms with van der Waals surface area (Å²) in [5, 5.41) is 6.00. The summed E-state index contributed by atoms with van der Waals surface area (Å²) in [5.74, 6) is 0. The lowest BCUT2D eigenvalue weighted by Gasteiger charge is -2.32. The summed E-state index contributed by atoms with van der Waals surface area (Å²) in [6.07, 6.45) is 0. The van der Waals surface area contributed by atoms with Crippen LogP contribution in [0.3, 0.4) is 0 Å². The van der Waals surface area contributed by atoms with E-state index < -0.39 is 7.12 Å². The van der Waals surface area contributed by atoms with Gasteiger partial charge in [-0.1, -0.05) is 17.4 Å². The van der Waals surface area contributed by atoms with Gasteiger partial charge in [-0.2, -0.15) is 0 Å². The third-order valence-corrected chi connectivity index (χ3v) is 5.43. The van der Waals surface area contributed by atoms with Crippen LogP contribution in [0.15, 0.2) is 18.2 Å². The smallest absolute Gasteiger partial charge is 0.399 e. The predicted molar refractivity (Wildman–Crippen MR) is 98.0 cm³/mol. The first-order valence-corrected chi connectivity index (χ1v) is 8.84. The number of rotatable bonds is 3. The molecule has 1 saturated heterocycles. The molecule has 6 nitrogen and oxygen atoms in total. The van der Waals surface area contributed by atoms with E-state index in [-0.39, 0.29) is 17.2 Å². The van der Waals surface area contributed by atoms with Crippen LogP contribution < -0.4 is 16.1 Å². The highest BCUT2D eigenvalue weighted by molar-refractivity contribution is 7.22. The van der Waals surface area contributed by atoms with Gasteiger partial charge in [0, 0.05) is 6.54 Å². The van der Waals surface area contributed by atoms with Crippen LogP contribution in [0.2, 0.25) is 0 Å². The van der Waals surface area contributed by atoms with Gasteiger partial charge in [0.05, 0.1) is 21.4 Å². The minimum atomic E-state index is -0.402. The summed E-state index contributed by atoms with van der Waals surface area (Å²) in [5.41, 5.74) is 1.05. The van der Waals surface area contributed by atoms with Crippen molar-refractivity contribution in [1.82, 2.24) is 10.3 Å². The van der Waals surface area contributed by atoms with Crippen LogP contribution in [0.1, 0.15) is 34.6 Å². The van der Waals surface area contributed by atoms with Gasteiger partial charge in [-0.05, 0) is 52.2 Å². The Hall–Kier alpha value is -1.64. The first-order valence-electron chi connectivity index (χ1n) is 8.03. The molecule has 1 aromatic carbocycles. The van der Waals surface area contributed by atoms with Crippen molar-refractivity contribution in [3.63, 3.8) is 0 Å². The van der Waals surface area contributed by atoms with Crippen molar-refractivity contribution in [3.05, 3.63) is 18.2 Å². The van der Waals surface area contributed by atoms with Crippen LogP contribution in [0.25, 0.3) is 10.2 Å². The number of aromatic nitrogens is 1. The zero-order valence-corrected chi connectivity index (χ0v) is 15.4. The monoisotopic (exact) mass is 347 g/mol. The van der Waals surface area contributed by atoms with Crippen molar-refractivity contribution < 1.29 is 14.1 Å². The molecule has 128 valence electrons. The summed E-state index contributed by atoms with van der Waals surface area (Å²) in [6, 6.07) is 5.65. The van der Waals surface area contributed by atoms with Crippen LogP contribution in [0.4, 0.5) is 9.93 Å². The Morgan fingerprint density at radius 3 is 2.54 bits per heavy atom. The molecular weight excluding hydrogens is 325 g/mol. The number of urea groups is 1. The van der Waals surface area contributed by atoms with Crippen molar-refractivity contribution in [2.75, 3.05) is 11.9 Å². The molecular formula is C16H22BN3O3S. The third-order valence-electron chi connectivity index (χ3n) is 4.50. The zero-order valence-electron chi connectivity index (χ0n) is 14.6. The quantitative estimate of drug-likeness (QED) is 0.838. The van der Waals surface area contributed by atoms with Crippen molar-refractivity contribution >= 4 is 45.3 Å². The molecule has 0 radical (unpaired) electrons. The van der Waals surface area contributed by atoms with Gasteiger partial charge in [-0.3, -0.25) is 5.32 Å². The SMILES string of the molecule is CCNC(=O)Nc1nc2ccc(B3OC(C)(C)C(C)(C)O3)cc2s1. The maximum Gasteiger partial charge on any atom is 0.494 e. The molecule has 2 aromatic rings. The molecule has 0 unspecified atom stereocenters. The van der Waals surface area contributed by atoms with E-state index in [0.29, 0.717) is 11.7 Å². The van der Waals surface area contributed by atoms with Gasteiger partial charge in [0.1, 0.15) is 0 Å². The maximum atomic E-state index is 11.6. The number of anilines is 1. The topological polar surface area (TPSA) is 72.5 Å². The number of fused-ring (bicyclic) bond motifs is 1. The first kappa shape index (κ1) is 17.2. The van der Waals surface area contributed by atoms with Gasteiger partial charge in [-0.25, -0.2) is 9.78 Å². The number of benzene rings is 1. The fourth-order valence-corrected chi connectivity index (χ4v) is 3.33. The molecule has 0 saturated carbocycles. The van der Waals surface area contributed by atoms with E-state index in [9.17, 15) is 4.79 Å². The van der Waals surface area contributed by atoms with Crippen molar-refractivity contribution in [2.24, 2.45) is 0 Å². The highest BCUT2D eigenvalue weighted by Gasteiger charge is 2.51. The number of carbonyl (C=O) groups is 1. The number of thiazole rings is 1. The van der Waals surface area contributed by atoms with Crippen molar-refractivity contribution in [2.45, 2.75) is 45.8 Å². The highest BCUT2D eigenvalue weighted by atomic mass is 32.1. The van der Waals surface area contributed by atoms with E-state index in [1.165, 1.54) is 11.3 Å². The molecule has 1 aromatic heterocycles. The fourth-order valence-electron chi connectivity index (χ4n) is 2.42. The van der Waals surface area contributed by atoms with E-state index in [1.807, 2.05) is 52.8 Å². The Morgan fingerprint density at radius 1 is 1.25 bits per heavy atom. The largest absolute Gasteiger partial charge is 0.494 e. The minimum Gasteiger partial charge on any atom is -0.399 e. The molecule has 8 heteroatoms. The lowest BCUT2D eigenvalue weighted by molar-refractivity contribution is 0.00578. The van der Waals surface area contributed by atoms with E-state index >= 15 is 0 Å². The third kappa shape index (κ3) is 3.13. The molecule has 0 spiro atoms. The van der Waals surface area contributed by atoms with Gasteiger partial charge < -0.3 is 14.6 Å². The Kier molecular flexibility index (Phi) is 4.31. The summed E-state index contributed by atoms with van der Waals surface area (Å²) in [7, 11) is -0.402. The molecule has 2 heterocycles. The molecule has 2 N–H and O–H groups in total. The molecule has 1 aliphatic heterocycles.